The lowest BCUT2D eigenvalue weighted by atomic mass is 9.86. The SMILES string of the molecule is C.COc1cc(OC)c(CNC2CCC(CNc3nc(N(C)C)c4ccccc4n3)CC2)c(OC)c1. The van der Waals surface area contributed by atoms with Crippen LogP contribution in [0.2, 0.25) is 0 Å². The maximum Gasteiger partial charge on any atom is 0.225 e. The largest absolute Gasteiger partial charge is 0.496 e. The normalized spacial score (nSPS) is 17.2. The minimum atomic E-state index is 0. The van der Waals surface area contributed by atoms with Crippen molar-refractivity contribution >= 4 is 22.7 Å². The van der Waals surface area contributed by atoms with Gasteiger partial charge in [-0.2, -0.15) is 4.98 Å². The average Bonchev–Trinajstić information content (AvgIpc) is 2.90. The third kappa shape index (κ3) is 6.29. The monoisotopic (exact) mass is 495 g/mol. The van der Waals surface area contributed by atoms with Crippen LogP contribution in [0.5, 0.6) is 17.2 Å². The van der Waals surface area contributed by atoms with Crippen molar-refractivity contribution in [2.45, 2.75) is 45.7 Å². The molecule has 1 aliphatic carbocycles. The topological polar surface area (TPSA) is 80.8 Å². The van der Waals surface area contributed by atoms with E-state index in [0.29, 0.717) is 24.5 Å². The lowest BCUT2D eigenvalue weighted by Crippen LogP contribution is -2.34. The van der Waals surface area contributed by atoms with Crippen LogP contribution in [-0.2, 0) is 6.54 Å². The van der Waals surface area contributed by atoms with Gasteiger partial charge < -0.3 is 29.7 Å². The highest BCUT2D eigenvalue weighted by Crippen LogP contribution is 2.34. The summed E-state index contributed by atoms with van der Waals surface area (Å²) in [6.45, 7) is 1.58. The van der Waals surface area contributed by atoms with Gasteiger partial charge in [-0.25, -0.2) is 4.98 Å². The number of para-hydroxylation sites is 1. The van der Waals surface area contributed by atoms with Gasteiger partial charge in [-0.1, -0.05) is 19.6 Å². The molecule has 0 unspecified atom stereocenters. The molecule has 1 aromatic heterocycles. The highest BCUT2D eigenvalue weighted by Gasteiger charge is 2.22. The van der Waals surface area contributed by atoms with Crippen molar-refractivity contribution in [1.82, 2.24) is 15.3 Å². The lowest BCUT2D eigenvalue weighted by molar-refractivity contribution is 0.296. The van der Waals surface area contributed by atoms with E-state index in [1.54, 1.807) is 21.3 Å². The molecule has 0 bridgehead atoms. The summed E-state index contributed by atoms with van der Waals surface area (Å²) in [6, 6.07) is 12.4. The number of benzene rings is 2. The molecule has 36 heavy (non-hydrogen) atoms. The molecule has 196 valence electrons. The minimum absolute atomic E-state index is 0. The third-order valence-corrected chi connectivity index (χ3v) is 6.79. The zero-order valence-corrected chi connectivity index (χ0v) is 21.4. The number of nitrogens with one attached hydrogen (secondary N) is 2. The number of nitrogens with zero attached hydrogens (tertiary/aromatic N) is 3. The van der Waals surface area contributed by atoms with Crippen LogP contribution in [0.1, 0.15) is 38.7 Å². The van der Waals surface area contributed by atoms with Gasteiger partial charge in [-0.05, 0) is 43.7 Å². The number of fused-ring (bicyclic) bond motifs is 1. The van der Waals surface area contributed by atoms with E-state index in [-0.39, 0.29) is 7.43 Å². The molecule has 2 N–H and O–H groups in total. The van der Waals surface area contributed by atoms with E-state index in [9.17, 15) is 0 Å². The highest BCUT2D eigenvalue weighted by molar-refractivity contribution is 5.90. The quantitative estimate of drug-likeness (QED) is 0.401. The molecule has 0 radical (unpaired) electrons. The van der Waals surface area contributed by atoms with Gasteiger partial charge >= 0.3 is 0 Å². The molecule has 1 saturated carbocycles. The molecule has 0 aliphatic heterocycles. The Hall–Kier alpha value is -3.26. The van der Waals surface area contributed by atoms with E-state index in [1.165, 1.54) is 0 Å². The number of hydrogen-bond acceptors (Lipinski definition) is 8. The predicted octanol–water partition coefficient (Wildman–Crippen LogP) is 5.12. The van der Waals surface area contributed by atoms with Crippen molar-refractivity contribution in [3.8, 4) is 17.2 Å². The first-order valence-corrected chi connectivity index (χ1v) is 12.2. The van der Waals surface area contributed by atoms with Gasteiger partial charge in [-0.3, -0.25) is 0 Å². The van der Waals surface area contributed by atoms with Gasteiger partial charge in [0.1, 0.15) is 23.1 Å². The van der Waals surface area contributed by atoms with Crippen molar-refractivity contribution in [3.05, 3.63) is 42.0 Å². The van der Waals surface area contributed by atoms with Crippen molar-refractivity contribution in [2.24, 2.45) is 5.92 Å². The number of ether oxygens (including phenoxy) is 3. The molecule has 3 aromatic rings. The molecule has 8 heteroatoms. The molecule has 1 aliphatic rings. The Morgan fingerprint density at radius 1 is 0.917 bits per heavy atom. The van der Waals surface area contributed by atoms with Crippen LogP contribution in [0.15, 0.2) is 36.4 Å². The number of aromatic nitrogens is 2. The molecular formula is C28H41N5O3. The molecular weight excluding hydrogens is 454 g/mol. The van der Waals surface area contributed by atoms with E-state index in [0.717, 1.165) is 71.8 Å². The van der Waals surface area contributed by atoms with Crippen LogP contribution in [-0.4, -0.2) is 58.0 Å². The van der Waals surface area contributed by atoms with Gasteiger partial charge in [-0.15, -0.1) is 0 Å². The Labute approximate surface area is 215 Å². The Bertz CT molecular complexity index is 1100. The fourth-order valence-electron chi connectivity index (χ4n) is 4.78. The molecule has 1 fully saturated rings. The zero-order valence-electron chi connectivity index (χ0n) is 21.4. The van der Waals surface area contributed by atoms with E-state index >= 15 is 0 Å². The van der Waals surface area contributed by atoms with E-state index in [2.05, 4.69) is 16.7 Å². The van der Waals surface area contributed by atoms with Crippen LogP contribution < -0.4 is 29.7 Å². The molecule has 2 aromatic carbocycles. The van der Waals surface area contributed by atoms with Crippen LogP contribution in [0.25, 0.3) is 10.9 Å². The Morgan fingerprint density at radius 3 is 2.19 bits per heavy atom. The van der Waals surface area contributed by atoms with Crippen LogP contribution >= 0.6 is 0 Å². The summed E-state index contributed by atoms with van der Waals surface area (Å²) in [4.78, 5) is 11.5. The summed E-state index contributed by atoms with van der Waals surface area (Å²) >= 11 is 0. The van der Waals surface area contributed by atoms with Crippen molar-refractivity contribution in [2.75, 3.05) is 52.2 Å². The van der Waals surface area contributed by atoms with Gasteiger partial charge in [0.2, 0.25) is 5.95 Å². The van der Waals surface area contributed by atoms with E-state index in [1.807, 2.05) is 49.3 Å². The van der Waals surface area contributed by atoms with Crippen LogP contribution in [0, 0.1) is 5.92 Å². The molecule has 1 heterocycles. The van der Waals surface area contributed by atoms with Gasteiger partial charge in [0, 0.05) is 50.7 Å². The standard InChI is InChI=1S/C27H37N5O3.CH4/c1-32(2)26-21-8-6-7-9-23(21)30-27(31-26)29-16-18-10-12-19(13-11-18)28-17-22-24(34-4)14-20(33-3)15-25(22)35-5;/h6-9,14-15,18-19,28H,10-13,16-17H2,1-5H3,(H,29,30,31);1H4. The maximum atomic E-state index is 5.59. The summed E-state index contributed by atoms with van der Waals surface area (Å²) in [5.41, 5.74) is 1.98. The number of anilines is 2. The molecule has 8 nitrogen and oxygen atoms in total. The highest BCUT2D eigenvalue weighted by atomic mass is 16.5. The Morgan fingerprint density at radius 2 is 1.58 bits per heavy atom. The molecule has 0 amide bonds. The lowest BCUT2D eigenvalue weighted by Gasteiger charge is -2.30. The molecule has 0 atom stereocenters. The number of hydrogen-bond donors (Lipinski definition) is 2. The van der Waals surface area contributed by atoms with Gasteiger partial charge in [0.15, 0.2) is 0 Å². The average molecular weight is 496 g/mol. The molecule has 4 rings (SSSR count). The second kappa shape index (κ2) is 12.6. The molecule has 0 saturated heterocycles. The number of rotatable bonds is 10. The second-order valence-corrected chi connectivity index (χ2v) is 9.27. The van der Waals surface area contributed by atoms with Crippen LogP contribution in [0.4, 0.5) is 11.8 Å². The fraction of sp³-hybridized carbons (Fsp3) is 0.500. The summed E-state index contributed by atoms with van der Waals surface area (Å²) in [5, 5.41) is 8.28. The summed E-state index contributed by atoms with van der Waals surface area (Å²) in [5.74, 6) is 4.53. The maximum absolute atomic E-state index is 5.59. The Balaban J connectivity index is 0.00000361. The minimum Gasteiger partial charge on any atom is -0.496 e. The first-order valence-electron chi connectivity index (χ1n) is 12.2. The van der Waals surface area contributed by atoms with Crippen LogP contribution in [0.3, 0.4) is 0 Å². The van der Waals surface area contributed by atoms with Gasteiger partial charge in [0.25, 0.3) is 0 Å². The zero-order chi connectivity index (χ0) is 24.8. The first kappa shape index (κ1) is 27.3. The van der Waals surface area contributed by atoms with E-state index < -0.39 is 0 Å². The van der Waals surface area contributed by atoms with Crippen molar-refractivity contribution in [1.29, 1.82) is 0 Å². The second-order valence-electron chi connectivity index (χ2n) is 9.27. The van der Waals surface area contributed by atoms with E-state index in [4.69, 9.17) is 24.2 Å². The number of methoxy groups -OCH3 is 3. The Kier molecular flexibility index (Phi) is 9.58. The molecule has 0 spiro atoms. The summed E-state index contributed by atoms with van der Waals surface area (Å²) in [6.07, 6.45) is 4.59. The van der Waals surface area contributed by atoms with Crippen molar-refractivity contribution < 1.29 is 14.2 Å². The third-order valence-electron chi connectivity index (χ3n) is 6.79. The van der Waals surface area contributed by atoms with Crippen molar-refractivity contribution in [3.63, 3.8) is 0 Å². The smallest absolute Gasteiger partial charge is 0.225 e. The fourth-order valence-corrected chi connectivity index (χ4v) is 4.78. The summed E-state index contributed by atoms with van der Waals surface area (Å²) < 4.78 is 16.5. The predicted molar refractivity (Wildman–Crippen MR) is 148 cm³/mol. The summed E-state index contributed by atoms with van der Waals surface area (Å²) in [7, 11) is 9.04. The first-order chi connectivity index (χ1) is 17.0. The van der Waals surface area contributed by atoms with Gasteiger partial charge in [0.05, 0.1) is 32.4 Å².